The molecule has 2 aromatic carbocycles. The Morgan fingerprint density at radius 1 is 1.28 bits per heavy atom. The fraction of sp³-hybridized carbons (Fsp3) is 0.375. The number of ether oxygens (including phenoxy) is 2. The molecule has 10 nitrogen and oxygen atoms in total. The van der Waals surface area contributed by atoms with Crippen LogP contribution in [0.15, 0.2) is 36.7 Å². The number of halogens is 2. The van der Waals surface area contributed by atoms with E-state index >= 15 is 0 Å². The van der Waals surface area contributed by atoms with Crippen LogP contribution in [0.1, 0.15) is 26.7 Å². The van der Waals surface area contributed by atoms with Crippen LogP contribution in [0.3, 0.4) is 0 Å². The standard InChI is InChI=1S/C24H25ClFN5O5/c1-24(2)13-36-22(32)12-30(24)7-3-4-8-35-21-11-19-16(10-20(21)31(33)34)23(28-14-27-19)29-15-5-6-18(26)17(25)9-15/h5-6,9-11,14H,3-4,7-8,12-13H2,1-2H3,(H,27,28,29). The molecule has 12 heteroatoms. The number of rotatable bonds is 9. The summed E-state index contributed by atoms with van der Waals surface area (Å²) in [5.74, 6) is -0.395. The second kappa shape index (κ2) is 10.6. The van der Waals surface area contributed by atoms with Crippen LogP contribution in [0.4, 0.5) is 21.6 Å². The number of nitrogens with one attached hydrogen (secondary N) is 1. The fourth-order valence-corrected chi connectivity index (χ4v) is 4.05. The van der Waals surface area contributed by atoms with Crippen molar-refractivity contribution in [2.75, 3.05) is 31.6 Å². The first-order chi connectivity index (χ1) is 17.1. The van der Waals surface area contributed by atoms with Crippen LogP contribution >= 0.6 is 11.6 Å². The molecular weight excluding hydrogens is 493 g/mol. The zero-order chi connectivity index (χ0) is 25.9. The van der Waals surface area contributed by atoms with E-state index in [1.165, 1.54) is 36.7 Å². The number of unbranched alkanes of at least 4 members (excludes halogenated alkanes) is 1. The lowest BCUT2D eigenvalue weighted by molar-refractivity contribution is -0.385. The molecule has 0 saturated carbocycles. The van der Waals surface area contributed by atoms with Gasteiger partial charge in [0.2, 0.25) is 0 Å². The molecule has 0 amide bonds. The van der Waals surface area contributed by atoms with E-state index in [2.05, 4.69) is 20.2 Å². The van der Waals surface area contributed by atoms with E-state index in [0.717, 1.165) is 6.42 Å². The van der Waals surface area contributed by atoms with E-state index in [-0.39, 0.29) is 41.1 Å². The molecule has 190 valence electrons. The Morgan fingerprint density at radius 3 is 2.83 bits per heavy atom. The van der Waals surface area contributed by atoms with Crippen LogP contribution in [-0.2, 0) is 9.53 Å². The van der Waals surface area contributed by atoms with Gasteiger partial charge in [0.05, 0.1) is 39.5 Å². The van der Waals surface area contributed by atoms with Crippen molar-refractivity contribution >= 4 is 45.7 Å². The fourth-order valence-electron chi connectivity index (χ4n) is 3.87. The predicted octanol–water partition coefficient (Wildman–Crippen LogP) is 4.87. The van der Waals surface area contributed by atoms with Gasteiger partial charge in [0.25, 0.3) is 0 Å². The number of anilines is 2. The highest BCUT2D eigenvalue weighted by Gasteiger charge is 2.34. The van der Waals surface area contributed by atoms with Crippen LogP contribution in [0.25, 0.3) is 10.9 Å². The summed E-state index contributed by atoms with van der Waals surface area (Å²) in [5, 5.41) is 15.1. The first-order valence-corrected chi connectivity index (χ1v) is 11.7. The SMILES string of the molecule is CC1(C)COC(=O)CN1CCCCOc1cc2ncnc(Nc3ccc(F)c(Cl)c3)c2cc1[N+](=O)[O-]. The third-order valence-corrected chi connectivity index (χ3v) is 6.23. The van der Waals surface area contributed by atoms with Crippen molar-refractivity contribution in [1.82, 2.24) is 14.9 Å². The minimum absolute atomic E-state index is 0.0659. The van der Waals surface area contributed by atoms with E-state index in [1.807, 2.05) is 13.8 Å². The first-order valence-electron chi connectivity index (χ1n) is 11.3. The Kier molecular flexibility index (Phi) is 7.51. The molecule has 0 aliphatic carbocycles. The van der Waals surface area contributed by atoms with Crippen molar-refractivity contribution in [1.29, 1.82) is 0 Å². The maximum Gasteiger partial charge on any atom is 0.320 e. The average Bonchev–Trinajstić information content (AvgIpc) is 2.83. The number of cyclic esters (lactones) is 1. The maximum atomic E-state index is 13.5. The van der Waals surface area contributed by atoms with E-state index in [4.69, 9.17) is 21.1 Å². The molecule has 36 heavy (non-hydrogen) atoms. The third kappa shape index (κ3) is 5.80. The lowest BCUT2D eigenvalue weighted by Crippen LogP contribution is -2.54. The predicted molar refractivity (Wildman–Crippen MR) is 132 cm³/mol. The minimum atomic E-state index is -0.561. The molecule has 1 saturated heterocycles. The third-order valence-electron chi connectivity index (χ3n) is 5.94. The van der Waals surface area contributed by atoms with Crippen molar-refractivity contribution < 1.29 is 23.6 Å². The highest BCUT2D eigenvalue weighted by Crippen LogP contribution is 2.35. The van der Waals surface area contributed by atoms with Gasteiger partial charge in [-0.15, -0.1) is 0 Å². The number of aromatic nitrogens is 2. The van der Waals surface area contributed by atoms with Crippen molar-refractivity contribution in [2.45, 2.75) is 32.2 Å². The highest BCUT2D eigenvalue weighted by molar-refractivity contribution is 6.31. The second-order valence-electron chi connectivity index (χ2n) is 9.02. The molecule has 1 aliphatic heterocycles. The quantitative estimate of drug-likeness (QED) is 0.183. The Morgan fingerprint density at radius 2 is 2.08 bits per heavy atom. The van der Waals surface area contributed by atoms with Crippen molar-refractivity contribution in [3.8, 4) is 5.75 Å². The molecule has 4 rings (SSSR count). The van der Waals surface area contributed by atoms with Gasteiger partial charge < -0.3 is 14.8 Å². The number of hydrogen-bond acceptors (Lipinski definition) is 9. The number of fused-ring (bicyclic) bond motifs is 1. The number of carbonyl (C=O) groups excluding carboxylic acids is 1. The van der Waals surface area contributed by atoms with Gasteiger partial charge in [0, 0.05) is 17.8 Å². The summed E-state index contributed by atoms with van der Waals surface area (Å²) in [6.07, 6.45) is 2.70. The molecule has 1 aromatic heterocycles. The smallest absolute Gasteiger partial charge is 0.320 e. The first kappa shape index (κ1) is 25.5. The zero-order valence-electron chi connectivity index (χ0n) is 19.8. The van der Waals surface area contributed by atoms with Gasteiger partial charge in [0.15, 0.2) is 5.75 Å². The topological polar surface area (TPSA) is 120 Å². The van der Waals surface area contributed by atoms with Gasteiger partial charge in [-0.05, 0) is 51.4 Å². The Hall–Kier alpha value is -3.57. The average molecular weight is 518 g/mol. The zero-order valence-corrected chi connectivity index (χ0v) is 20.5. The largest absolute Gasteiger partial charge is 0.487 e. The summed E-state index contributed by atoms with van der Waals surface area (Å²) in [5.41, 5.74) is 0.443. The molecule has 0 radical (unpaired) electrons. The molecule has 0 atom stereocenters. The van der Waals surface area contributed by atoms with Crippen LogP contribution in [0.5, 0.6) is 5.75 Å². The van der Waals surface area contributed by atoms with E-state index in [1.54, 1.807) is 0 Å². The highest BCUT2D eigenvalue weighted by atomic mass is 35.5. The van der Waals surface area contributed by atoms with Gasteiger partial charge in [0.1, 0.15) is 24.6 Å². The van der Waals surface area contributed by atoms with Crippen LogP contribution < -0.4 is 10.1 Å². The second-order valence-corrected chi connectivity index (χ2v) is 9.43. The molecule has 0 bridgehead atoms. The molecule has 1 N–H and O–H groups in total. The number of nitrogens with zero attached hydrogens (tertiary/aromatic N) is 4. The van der Waals surface area contributed by atoms with Gasteiger partial charge >= 0.3 is 11.7 Å². The Balaban J connectivity index is 1.45. The lowest BCUT2D eigenvalue weighted by Gasteiger charge is -2.41. The molecule has 3 aromatic rings. The molecule has 0 unspecified atom stereocenters. The summed E-state index contributed by atoms with van der Waals surface area (Å²) in [4.78, 5) is 33.3. The van der Waals surface area contributed by atoms with Gasteiger partial charge in [-0.3, -0.25) is 19.8 Å². The van der Waals surface area contributed by atoms with E-state index in [9.17, 15) is 19.3 Å². The van der Waals surface area contributed by atoms with Crippen LogP contribution in [-0.4, -0.2) is 57.6 Å². The van der Waals surface area contributed by atoms with Crippen molar-refractivity contribution in [2.24, 2.45) is 0 Å². The molecular formula is C24H25ClFN5O5. The normalized spacial score (nSPS) is 15.5. The summed E-state index contributed by atoms with van der Waals surface area (Å²) < 4.78 is 24.4. The van der Waals surface area contributed by atoms with Crippen LogP contribution in [0.2, 0.25) is 5.02 Å². The molecule has 2 heterocycles. The lowest BCUT2D eigenvalue weighted by atomic mass is 10.0. The Labute approximate surface area is 211 Å². The molecule has 1 aliphatic rings. The summed E-state index contributed by atoms with van der Waals surface area (Å²) in [6, 6.07) is 6.93. The van der Waals surface area contributed by atoms with E-state index in [0.29, 0.717) is 42.0 Å². The molecule has 1 fully saturated rings. The Bertz CT molecular complexity index is 1310. The van der Waals surface area contributed by atoms with E-state index < -0.39 is 10.7 Å². The molecule has 0 spiro atoms. The van der Waals surface area contributed by atoms with Crippen molar-refractivity contribution in [3.63, 3.8) is 0 Å². The van der Waals surface area contributed by atoms with Gasteiger partial charge in [-0.2, -0.15) is 0 Å². The number of morpholine rings is 1. The summed E-state index contributed by atoms with van der Waals surface area (Å²) >= 11 is 5.84. The number of hydrogen-bond donors (Lipinski definition) is 1. The summed E-state index contributed by atoms with van der Waals surface area (Å²) in [7, 11) is 0. The number of benzene rings is 2. The maximum absolute atomic E-state index is 13.5. The minimum Gasteiger partial charge on any atom is -0.487 e. The summed E-state index contributed by atoms with van der Waals surface area (Å²) in [6.45, 7) is 5.56. The van der Waals surface area contributed by atoms with Crippen molar-refractivity contribution in [3.05, 3.63) is 57.6 Å². The number of nitro benzene ring substituents is 1. The number of esters is 1. The number of carbonyl (C=O) groups is 1. The van der Waals surface area contributed by atoms with Crippen LogP contribution in [0, 0.1) is 15.9 Å². The van der Waals surface area contributed by atoms with Gasteiger partial charge in [-0.1, -0.05) is 11.6 Å². The number of nitro groups is 1. The van der Waals surface area contributed by atoms with Gasteiger partial charge in [-0.25, -0.2) is 14.4 Å². The monoisotopic (exact) mass is 517 g/mol.